The smallest absolute Gasteiger partial charge is 0.313 e. The first-order valence-corrected chi connectivity index (χ1v) is 8.20. The van der Waals surface area contributed by atoms with Gasteiger partial charge in [-0.25, -0.2) is 15.0 Å². The quantitative estimate of drug-likeness (QED) is 0.312. The van der Waals surface area contributed by atoms with Gasteiger partial charge in [-0.05, 0) is 13.0 Å². The zero-order valence-electron chi connectivity index (χ0n) is 15.3. The average Bonchev–Trinajstić information content (AvgIpc) is 2.60. The zero-order chi connectivity index (χ0) is 19.8. The Morgan fingerprint density at radius 2 is 2.11 bits per heavy atom. The van der Waals surface area contributed by atoms with Crippen LogP contribution in [0.1, 0.15) is 25.5 Å². The maximum atomic E-state index is 12.1. The number of ketones is 1. The Hall–Kier alpha value is -3.43. The van der Waals surface area contributed by atoms with Crippen LogP contribution in [-0.2, 0) is 14.3 Å². The van der Waals surface area contributed by atoms with Gasteiger partial charge in [-0.15, -0.1) is 0 Å². The maximum absolute atomic E-state index is 12.1. The minimum absolute atomic E-state index is 0.0470. The minimum Gasteiger partial charge on any atom is -0.466 e. The van der Waals surface area contributed by atoms with Gasteiger partial charge in [0.05, 0.1) is 24.8 Å². The van der Waals surface area contributed by atoms with E-state index < -0.39 is 11.5 Å². The van der Waals surface area contributed by atoms with Crippen molar-refractivity contribution < 1.29 is 14.3 Å². The third kappa shape index (κ3) is 6.10. The van der Waals surface area contributed by atoms with Crippen molar-refractivity contribution >= 4 is 41.3 Å². The SMILES string of the molecule is CCOC(=O)CC(=O)C/C=C/c1cnc2nc(/N=C/N(C)C)[nH]c(=O)c2n1. The second-order valence-corrected chi connectivity index (χ2v) is 5.69. The Morgan fingerprint density at radius 1 is 1.33 bits per heavy atom. The molecule has 0 saturated carbocycles. The molecule has 0 aromatic carbocycles. The van der Waals surface area contributed by atoms with E-state index in [2.05, 4.69) is 24.9 Å². The van der Waals surface area contributed by atoms with Gasteiger partial charge in [-0.2, -0.15) is 4.98 Å². The van der Waals surface area contributed by atoms with Crippen molar-refractivity contribution in [2.75, 3.05) is 20.7 Å². The molecule has 142 valence electrons. The molecule has 0 aliphatic heterocycles. The van der Waals surface area contributed by atoms with Gasteiger partial charge >= 0.3 is 5.97 Å². The summed E-state index contributed by atoms with van der Waals surface area (Å²) in [5.41, 5.74) is 0.161. The zero-order valence-corrected chi connectivity index (χ0v) is 15.3. The first kappa shape index (κ1) is 19.9. The number of ether oxygens (including phenoxy) is 1. The van der Waals surface area contributed by atoms with E-state index in [-0.39, 0.29) is 42.3 Å². The van der Waals surface area contributed by atoms with Crippen molar-refractivity contribution in [2.45, 2.75) is 19.8 Å². The Morgan fingerprint density at radius 3 is 2.81 bits per heavy atom. The number of rotatable bonds is 8. The molecule has 2 aromatic heterocycles. The normalized spacial score (nSPS) is 11.4. The fourth-order valence-electron chi connectivity index (χ4n) is 1.99. The molecule has 2 heterocycles. The lowest BCUT2D eigenvalue weighted by atomic mass is 10.2. The predicted molar refractivity (Wildman–Crippen MR) is 99.7 cm³/mol. The summed E-state index contributed by atoms with van der Waals surface area (Å²) in [5.74, 6) is -0.698. The lowest BCUT2D eigenvalue weighted by molar-refractivity contribution is -0.145. The number of carbonyl (C=O) groups excluding carboxylic acids is 2. The molecule has 0 fully saturated rings. The van der Waals surface area contributed by atoms with Crippen molar-refractivity contribution in [2.24, 2.45) is 4.99 Å². The topological polar surface area (TPSA) is 130 Å². The summed E-state index contributed by atoms with van der Waals surface area (Å²) >= 11 is 0. The van der Waals surface area contributed by atoms with Crippen molar-refractivity contribution in [1.82, 2.24) is 24.8 Å². The van der Waals surface area contributed by atoms with Gasteiger partial charge in [0.2, 0.25) is 5.95 Å². The highest BCUT2D eigenvalue weighted by molar-refractivity contribution is 5.96. The highest BCUT2D eigenvalue weighted by Crippen LogP contribution is 2.08. The van der Waals surface area contributed by atoms with Crippen LogP contribution in [0, 0.1) is 0 Å². The number of allylic oxidation sites excluding steroid dienone is 1. The summed E-state index contributed by atoms with van der Waals surface area (Å²) in [4.78, 5) is 55.7. The number of aromatic nitrogens is 4. The Labute approximate surface area is 155 Å². The monoisotopic (exact) mass is 372 g/mol. The number of nitrogens with one attached hydrogen (secondary N) is 1. The summed E-state index contributed by atoms with van der Waals surface area (Å²) < 4.78 is 4.71. The Balaban J connectivity index is 2.11. The lowest BCUT2D eigenvalue weighted by Crippen LogP contribution is -2.12. The molecular weight excluding hydrogens is 352 g/mol. The van der Waals surface area contributed by atoms with Crippen LogP contribution >= 0.6 is 0 Å². The molecule has 0 bridgehead atoms. The Kier molecular flexibility index (Phi) is 6.86. The van der Waals surface area contributed by atoms with Gasteiger partial charge in [0.15, 0.2) is 11.2 Å². The van der Waals surface area contributed by atoms with Crippen LogP contribution in [0.25, 0.3) is 17.2 Å². The number of aliphatic imine (C=N–C) groups is 1. The van der Waals surface area contributed by atoms with E-state index in [4.69, 9.17) is 4.74 Å². The maximum Gasteiger partial charge on any atom is 0.313 e. The van der Waals surface area contributed by atoms with E-state index in [1.807, 2.05) is 0 Å². The van der Waals surface area contributed by atoms with Crippen molar-refractivity contribution in [3.8, 4) is 0 Å². The van der Waals surface area contributed by atoms with E-state index in [0.29, 0.717) is 5.69 Å². The summed E-state index contributed by atoms with van der Waals surface area (Å²) in [6.45, 7) is 1.91. The third-order valence-corrected chi connectivity index (χ3v) is 3.12. The first-order chi connectivity index (χ1) is 12.9. The van der Waals surface area contributed by atoms with Gasteiger partial charge in [-0.1, -0.05) is 6.08 Å². The number of aromatic amines is 1. The molecule has 0 aliphatic rings. The number of fused-ring (bicyclic) bond motifs is 1. The van der Waals surface area contributed by atoms with Gasteiger partial charge in [0.25, 0.3) is 5.56 Å². The fraction of sp³-hybridized carbons (Fsp3) is 0.353. The highest BCUT2D eigenvalue weighted by Gasteiger charge is 2.09. The van der Waals surface area contributed by atoms with Crippen LogP contribution in [0.15, 0.2) is 22.1 Å². The van der Waals surface area contributed by atoms with Crippen LogP contribution in [0.5, 0.6) is 0 Å². The van der Waals surface area contributed by atoms with Crippen molar-refractivity contribution in [3.05, 3.63) is 28.3 Å². The number of esters is 1. The second-order valence-electron chi connectivity index (χ2n) is 5.69. The van der Waals surface area contributed by atoms with Gasteiger partial charge in [-0.3, -0.25) is 19.4 Å². The molecule has 0 radical (unpaired) electrons. The molecule has 1 N–H and O–H groups in total. The second kappa shape index (κ2) is 9.32. The van der Waals surface area contributed by atoms with Gasteiger partial charge in [0.1, 0.15) is 12.2 Å². The molecule has 0 aliphatic carbocycles. The number of hydrogen-bond donors (Lipinski definition) is 1. The Bertz CT molecular complexity index is 948. The number of H-pyrrole nitrogens is 1. The molecule has 2 aromatic rings. The van der Waals surface area contributed by atoms with E-state index in [9.17, 15) is 14.4 Å². The van der Waals surface area contributed by atoms with Crippen molar-refractivity contribution in [3.63, 3.8) is 0 Å². The number of Topliss-reactive ketones (excluding diaryl/α,β-unsaturated/α-hetero) is 1. The molecule has 0 unspecified atom stereocenters. The molecule has 10 heteroatoms. The third-order valence-electron chi connectivity index (χ3n) is 3.12. The van der Waals surface area contributed by atoms with Crippen molar-refractivity contribution in [1.29, 1.82) is 0 Å². The van der Waals surface area contributed by atoms with E-state index in [0.717, 1.165) is 0 Å². The standard InChI is InChI=1S/C17H20N6O4/c1-4-27-13(25)8-12(24)7-5-6-11-9-18-15-14(20-11)16(26)22-17(21-15)19-10-23(2)3/h5-6,9-10H,4,7-8H2,1-3H3,(H,18,21,22,26)/b6-5+,19-10+. The number of hydrogen-bond acceptors (Lipinski definition) is 8. The summed E-state index contributed by atoms with van der Waals surface area (Å²) in [5, 5.41) is 0. The highest BCUT2D eigenvalue weighted by atomic mass is 16.5. The molecule has 2 rings (SSSR count). The molecule has 0 atom stereocenters. The average molecular weight is 372 g/mol. The minimum atomic E-state index is -0.549. The van der Waals surface area contributed by atoms with Crippen LogP contribution < -0.4 is 5.56 Å². The lowest BCUT2D eigenvalue weighted by Gasteiger charge is -2.02. The number of nitrogens with zero attached hydrogens (tertiary/aromatic N) is 5. The molecule has 0 spiro atoms. The summed E-state index contributed by atoms with van der Waals surface area (Å²) in [7, 11) is 3.58. The van der Waals surface area contributed by atoms with Crippen LogP contribution in [0.4, 0.5) is 5.95 Å². The summed E-state index contributed by atoms with van der Waals surface area (Å²) in [6, 6.07) is 0. The van der Waals surface area contributed by atoms with Gasteiger partial charge < -0.3 is 9.64 Å². The van der Waals surface area contributed by atoms with Gasteiger partial charge in [0, 0.05) is 20.5 Å². The van der Waals surface area contributed by atoms with Crippen LogP contribution in [0.2, 0.25) is 0 Å². The number of carbonyl (C=O) groups is 2. The molecule has 0 saturated heterocycles. The van der Waals surface area contributed by atoms with Crippen LogP contribution in [-0.4, -0.2) is 63.6 Å². The summed E-state index contributed by atoms with van der Waals surface area (Å²) in [6.07, 6.45) is 5.80. The molecule has 0 amide bonds. The first-order valence-electron chi connectivity index (χ1n) is 8.20. The van der Waals surface area contributed by atoms with Crippen LogP contribution in [0.3, 0.4) is 0 Å². The molecular formula is C17H20N6O4. The fourth-order valence-corrected chi connectivity index (χ4v) is 1.99. The van der Waals surface area contributed by atoms with E-state index in [1.165, 1.54) is 12.5 Å². The van der Waals surface area contributed by atoms with E-state index >= 15 is 0 Å². The molecule has 10 nitrogen and oxygen atoms in total. The van der Waals surface area contributed by atoms with E-state index in [1.54, 1.807) is 38.1 Å². The largest absolute Gasteiger partial charge is 0.466 e. The predicted octanol–water partition coefficient (Wildman–Crippen LogP) is 0.860. The molecule has 27 heavy (non-hydrogen) atoms.